The molecule has 0 N–H and O–H groups in total. The highest BCUT2D eigenvalue weighted by molar-refractivity contribution is 7.89. The summed E-state index contributed by atoms with van der Waals surface area (Å²) in [7, 11) is -2.58. The van der Waals surface area contributed by atoms with Gasteiger partial charge in [-0.1, -0.05) is 29.8 Å². The lowest BCUT2D eigenvalue weighted by Gasteiger charge is -2.34. The molecule has 0 spiro atoms. The van der Waals surface area contributed by atoms with Gasteiger partial charge in [0.25, 0.3) is 5.91 Å². The van der Waals surface area contributed by atoms with Gasteiger partial charge >= 0.3 is 5.97 Å². The Kier molecular flexibility index (Phi) is 8.12. The fourth-order valence-electron chi connectivity index (χ4n) is 3.68. The van der Waals surface area contributed by atoms with E-state index in [0.29, 0.717) is 5.02 Å². The number of benzene rings is 2. The maximum absolute atomic E-state index is 13.3. The van der Waals surface area contributed by atoms with E-state index < -0.39 is 21.9 Å². The number of amides is 1. The second-order valence-electron chi connectivity index (χ2n) is 7.97. The number of morpholine rings is 1. The molecule has 178 valence electrons. The summed E-state index contributed by atoms with van der Waals surface area (Å²) in [6, 6.07) is 12.7. The molecule has 2 unspecified atom stereocenters. The summed E-state index contributed by atoms with van der Waals surface area (Å²) in [5, 5.41) is 0.550. The number of ether oxygens (including phenoxy) is 2. The summed E-state index contributed by atoms with van der Waals surface area (Å²) in [4.78, 5) is 26.6. The maximum atomic E-state index is 13.3. The van der Waals surface area contributed by atoms with Gasteiger partial charge < -0.3 is 14.4 Å². The molecule has 1 heterocycles. The highest BCUT2D eigenvalue weighted by atomic mass is 35.5. The first kappa shape index (κ1) is 25.2. The Morgan fingerprint density at radius 2 is 1.76 bits per heavy atom. The molecule has 1 aliphatic rings. The van der Waals surface area contributed by atoms with Gasteiger partial charge in [-0.2, -0.15) is 4.31 Å². The van der Waals surface area contributed by atoms with Gasteiger partial charge in [-0.15, -0.1) is 0 Å². The minimum absolute atomic E-state index is 0.0131. The molecule has 1 amide bonds. The molecule has 33 heavy (non-hydrogen) atoms. The van der Waals surface area contributed by atoms with Crippen molar-refractivity contribution in [3.05, 3.63) is 64.7 Å². The van der Waals surface area contributed by atoms with Crippen LogP contribution in [0, 0.1) is 0 Å². The third-order valence-electron chi connectivity index (χ3n) is 5.23. The Balaban J connectivity index is 1.88. The Labute approximate surface area is 199 Å². The number of methoxy groups -OCH3 is 1. The third-order valence-corrected chi connectivity index (χ3v) is 7.31. The van der Waals surface area contributed by atoms with Gasteiger partial charge in [0.15, 0.2) is 0 Å². The molecule has 2 aromatic carbocycles. The smallest absolute Gasteiger partial charge is 0.325 e. The fraction of sp³-hybridized carbons (Fsp3) is 0.391. The number of nitrogens with zero attached hydrogens (tertiary/aromatic N) is 2. The number of carbonyl (C=O) groups excluding carboxylic acids is 2. The van der Waals surface area contributed by atoms with Crippen LogP contribution in [-0.4, -0.2) is 68.5 Å². The summed E-state index contributed by atoms with van der Waals surface area (Å²) >= 11 is 5.93. The zero-order valence-corrected chi connectivity index (χ0v) is 20.3. The largest absolute Gasteiger partial charge is 0.468 e. The van der Waals surface area contributed by atoms with E-state index in [-0.39, 0.29) is 48.8 Å². The molecule has 0 radical (unpaired) electrons. The summed E-state index contributed by atoms with van der Waals surface area (Å²) in [5.74, 6) is -1.08. The monoisotopic (exact) mass is 494 g/mol. The first-order chi connectivity index (χ1) is 15.6. The number of hydrogen-bond acceptors (Lipinski definition) is 6. The number of sulfonamides is 1. The second kappa shape index (κ2) is 10.6. The van der Waals surface area contributed by atoms with E-state index in [4.69, 9.17) is 21.1 Å². The highest BCUT2D eigenvalue weighted by Crippen LogP contribution is 2.23. The maximum Gasteiger partial charge on any atom is 0.325 e. The van der Waals surface area contributed by atoms with Gasteiger partial charge in [-0.05, 0) is 49.7 Å². The van der Waals surface area contributed by atoms with Crippen molar-refractivity contribution in [2.45, 2.75) is 37.5 Å². The Bertz CT molecular complexity index is 1100. The van der Waals surface area contributed by atoms with Crippen molar-refractivity contribution < 1.29 is 27.5 Å². The normalized spacial score (nSPS) is 19.2. The van der Waals surface area contributed by atoms with Crippen LogP contribution in [0.25, 0.3) is 0 Å². The predicted molar refractivity (Wildman–Crippen MR) is 123 cm³/mol. The molecular formula is C23H27ClN2O6S. The van der Waals surface area contributed by atoms with Crippen LogP contribution in [0.2, 0.25) is 5.02 Å². The minimum atomic E-state index is -3.82. The van der Waals surface area contributed by atoms with E-state index in [0.717, 1.165) is 5.56 Å². The van der Waals surface area contributed by atoms with Crippen molar-refractivity contribution >= 4 is 33.5 Å². The second-order valence-corrected chi connectivity index (χ2v) is 10.3. The van der Waals surface area contributed by atoms with E-state index in [9.17, 15) is 18.0 Å². The van der Waals surface area contributed by atoms with Crippen molar-refractivity contribution in [2.75, 3.05) is 26.7 Å². The van der Waals surface area contributed by atoms with Crippen LogP contribution in [0.15, 0.2) is 53.4 Å². The van der Waals surface area contributed by atoms with Crippen molar-refractivity contribution in [3.8, 4) is 0 Å². The fourth-order valence-corrected chi connectivity index (χ4v) is 5.44. The molecule has 0 saturated carbocycles. The summed E-state index contributed by atoms with van der Waals surface area (Å²) in [6.07, 6.45) is -0.466. The van der Waals surface area contributed by atoms with Crippen LogP contribution in [0.5, 0.6) is 0 Å². The number of esters is 1. The van der Waals surface area contributed by atoms with E-state index in [1.54, 1.807) is 24.3 Å². The van der Waals surface area contributed by atoms with E-state index in [1.807, 2.05) is 13.8 Å². The number of carbonyl (C=O) groups is 2. The molecule has 0 aliphatic carbocycles. The molecule has 1 saturated heterocycles. The number of hydrogen-bond donors (Lipinski definition) is 0. The zero-order valence-electron chi connectivity index (χ0n) is 18.7. The number of halogens is 1. The summed E-state index contributed by atoms with van der Waals surface area (Å²) in [6.45, 7) is 3.94. The van der Waals surface area contributed by atoms with Gasteiger partial charge in [0, 0.05) is 30.2 Å². The lowest BCUT2D eigenvalue weighted by molar-refractivity contribution is -0.141. The van der Waals surface area contributed by atoms with Crippen LogP contribution in [0.4, 0.5) is 0 Å². The molecule has 0 bridgehead atoms. The molecule has 2 aromatic rings. The van der Waals surface area contributed by atoms with Gasteiger partial charge in [-0.3, -0.25) is 9.59 Å². The van der Waals surface area contributed by atoms with Gasteiger partial charge in [0.05, 0.1) is 24.2 Å². The van der Waals surface area contributed by atoms with Gasteiger partial charge in [0.2, 0.25) is 10.0 Å². The highest BCUT2D eigenvalue weighted by Gasteiger charge is 2.32. The van der Waals surface area contributed by atoms with Crippen molar-refractivity contribution in [1.82, 2.24) is 9.21 Å². The molecule has 1 fully saturated rings. The van der Waals surface area contributed by atoms with Gasteiger partial charge in [0.1, 0.15) is 6.54 Å². The average Bonchev–Trinajstić information content (AvgIpc) is 2.79. The topological polar surface area (TPSA) is 93.2 Å². The van der Waals surface area contributed by atoms with Crippen LogP contribution in [-0.2, 0) is 30.8 Å². The van der Waals surface area contributed by atoms with Crippen molar-refractivity contribution in [2.24, 2.45) is 0 Å². The number of rotatable bonds is 7. The molecule has 10 heteroatoms. The first-order valence-electron chi connectivity index (χ1n) is 10.5. The van der Waals surface area contributed by atoms with Gasteiger partial charge in [-0.25, -0.2) is 8.42 Å². The Morgan fingerprint density at radius 1 is 1.12 bits per heavy atom. The zero-order chi connectivity index (χ0) is 24.2. The molecule has 0 aromatic heterocycles. The summed E-state index contributed by atoms with van der Waals surface area (Å²) < 4.78 is 38.2. The van der Waals surface area contributed by atoms with E-state index in [1.165, 1.54) is 40.6 Å². The average molecular weight is 495 g/mol. The van der Waals surface area contributed by atoms with Crippen molar-refractivity contribution in [3.63, 3.8) is 0 Å². The Hall–Kier alpha value is -2.46. The molecule has 8 nitrogen and oxygen atoms in total. The minimum Gasteiger partial charge on any atom is -0.468 e. The quantitative estimate of drug-likeness (QED) is 0.549. The standard InChI is InChI=1S/C23H27ClN2O6S/c1-16-12-26(13-17(2)32-16)33(29,30)21-6-4-5-19(11-21)23(28)25(15-22(27)31-3)14-18-7-9-20(24)10-8-18/h4-11,16-17H,12-15H2,1-3H3. The molecular weight excluding hydrogens is 468 g/mol. The SMILES string of the molecule is COC(=O)CN(Cc1ccc(Cl)cc1)C(=O)c1cccc(S(=O)(=O)N2CC(C)OC(C)C2)c1. The molecule has 1 aliphatic heterocycles. The summed E-state index contributed by atoms with van der Waals surface area (Å²) in [5.41, 5.74) is 0.917. The van der Waals surface area contributed by atoms with Crippen LogP contribution < -0.4 is 0 Å². The van der Waals surface area contributed by atoms with Crippen LogP contribution in [0.1, 0.15) is 29.8 Å². The lowest BCUT2D eigenvalue weighted by atomic mass is 10.1. The van der Waals surface area contributed by atoms with E-state index in [2.05, 4.69) is 0 Å². The van der Waals surface area contributed by atoms with E-state index >= 15 is 0 Å². The lowest BCUT2D eigenvalue weighted by Crippen LogP contribution is -2.48. The van der Waals surface area contributed by atoms with Crippen molar-refractivity contribution in [1.29, 1.82) is 0 Å². The molecule has 2 atom stereocenters. The predicted octanol–water partition coefficient (Wildman–Crippen LogP) is 2.95. The van der Waals surface area contributed by atoms with Crippen LogP contribution >= 0.6 is 11.6 Å². The van der Waals surface area contributed by atoms with Crippen LogP contribution in [0.3, 0.4) is 0 Å². The first-order valence-corrected chi connectivity index (χ1v) is 12.3. The third kappa shape index (κ3) is 6.32. The molecule has 3 rings (SSSR count). The Morgan fingerprint density at radius 3 is 2.36 bits per heavy atom.